The molecule has 4 rings (SSSR count). The van der Waals surface area contributed by atoms with Crippen molar-refractivity contribution in [2.24, 2.45) is 0 Å². The fourth-order valence-corrected chi connectivity index (χ4v) is 4.63. The Morgan fingerprint density at radius 3 is 2.85 bits per heavy atom. The molecule has 1 amide bonds. The Bertz CT molecular complexity index is 1190. The number of fused-ring (bicyclic) bond motifs is 2. The van der Waals surface area contributed by atoms with Gasteiger partial charge in [0.05, 0.1) is 21.8 Å². The first-order valence-corrected chi connectivity index (χ1v) is 10.7. The summed E-state index contributed by atoms with van der Waals surface area (Å²) < 4.78 is 29.7. The third-order valence-electron chi connectivity index (χ3n) is 3.98. The summed E-state index contributed by atoms with van der Waals surface area (Å²) in [5, 5.41) is 7.73. The van der Waals surface area contributed by atoms with E-state index in [1.807, 2.05) is 30.3 Å². The smallest absolute Gasteiger partial charge is 0.261 e. The molecule has 4 aromatic rings. The van der Waals surface area contributed by atoms with Crippen molar-refractivity contribution in [3.05, 3.63) is 65.8 Å². The average Bonchev–Trinajstić information content (AvgIpc) is 3.27. The number of nitrogens with one attached hydrogen (secondary N) is 2. The van der Waals surface area contributed by atoms with Gasteiger partial charge in [-0.2, -0.15) is 5.10 Å². The lowest BCUT2D eigenvalue weighted by Gasteiger charge is -2.09. The van der Waals surface area contributed by atoms with E-state index in [1.165, 1.54) is 11.3 Å². The number of benzene rings is 1. The zero-order chi connectivity index (χ0) is 18.9. The third kappa shape index (κ3) is 3.93. The molecule has 0 spiro atoms. The van der Waals surface area contributed by atoms with Gasteiger partial charge in [-0.3, -0.25) is 9.52 Å². The first kappa shape index (κ1) is 17.5. The van der Waals surface area contributed by atoms with Crippen LogP contribution < -0.4 is 10.0 Å². The second-order valence-corrected chi connectivity index (χ2v) is 8.87. The van der Waals surface area contributed by atoms with Gasteiger partial charge in [-0.15, -0.1) is 11.3 Å². The predicted octanol–water partition coefficient (Wildman–Crippen LogP) is 2.72. The maximum atomic E-state index is 12.3. The van der Waals surface area contributed by atoms with Crippen LogP contribution in [0, 0.1) is 0 Å². The van der Waals surface area contributed by atoms with Gasteiger partial charge in [-0.25, -0.2) is 12.9 Å². The van der Waals surface area contributed by atoms with Crippen LogP contribution in [0.25, 0.3) is 15.6 Å². The summed E-state index contributed by atoms with van der Waals surface area (Å²) in [7, 11) is -3.58. The minimum atomic E-state index is -3.58. The molecule has 3 heterocycles. The largest absolute Gasteiger partial charge is 0.350 e. The van der Waals surface area contributed by atoms with Crippen molar-refractivity contribution in [2.75, 3.05) is 17.0 Å². The molecule has 0 bridgehead atoms. The van der Waals surface area contributed by atoms with Gasteiger partial charge >= 0.3 is 0 Å². The number of carbonyl (C=O) groups excluding carboxylic acids is 1. The van der Waals surface area contributed by atoms with Crippen LogP contribution in [0.5, 0.6) is 0 Å². The lowest BCUT2D eigenvalue weighted by molar-refractivity contribution is 0.0960. The van der Waals surface area contributed by atoms with E-state index in [0.29, 0.717) is 10.6 Å². The van der Waals surface area contributed by atoms with Crippen molar-refractivity contribution >= 4 is 48.6 Å². The Balaban J connectivity index is 1.36. The van der Waals surface area contributed by atoms with Gasteiger partial charge in [0.15, 0.2) is 0 Å². The van der Waals surface area contributed by atoms with Gasteiger partial charge in [-0.1, -0.05) is 18.2 Å². The van der Waals surface area contributed by atoms with Crippen LogP contribution in [-0.4, -0.2) is 36.2 Å². The van der Waals surface area contributed by atoms with Gasteiger partial charge in [0, 0.05) is 23.6 Å². The molecule has 0 fully saturated rings. The van der Waals surface area contributed by atoms with E-state index in [0.717, 1.165) is 15.6 Å². The second-order valence-electron chi connectivity index (χ2n) is 5.94. The molecule has 0 atom stereocenters. The highest BCUT2D eigenvalue weighted by atomic mass is 32.2. The van der Waals surface area contributed by atoms with Crippen molar-refractivity contribution in [2.45, 2.75) is 0 Å². The molecule has 3 aromatic heterocycles. The summed E-state index contributed by atoms with van der Waals surface area (Å²) >= 11 is 1.38. The lowest BCUT2D eigenvalue weighted by Crippen LogP contribution is -2.30. The van der Waals surface area contributed by atoms with E-state index in [2.05, 4.69) is 15.1 Å². The van der Waals surface area contributed by atoms with Crippen molar-refractivity contribution in [1.29, 1.82) is 0 Å². The number of hydrogen-bond donors (Lipinski definition) is 2. The molecule has 2 N–H and O–H groups in total. The molecule has 7 nitrogen and oxygen atoms in total. The number of amides is 1. The Labute approximate surface area is 159 Å². The highest BCUT2D eigenvalue weighted by Gasteiger charge is 2.14. The molecule has 0 saturated carbocycles. The Kier molecular flexibility index (Phi) is 4.54. The van der Waals surface area contributed by atoms with Gasteiger partial charge in [0.25, 0.3) is 5.91 Å². The Hall–Kier alpha value is -2.91. The predicted molar refractivity (Wildman–Crippen MR) is 107 cm³/mol. The van der Waals surface area contributed by atoms with Crippen molar-refractivity contribution in [1.82, 2.24) is 14.9 Å². The average molecular weight is 400 g/mol. The summed E-state index contributed by atoms with van der Waals surface area (Å²) in [6.45, 7) is 0.0251. The summed E-state index contributed by atoms with van der Waals surface area (Å²) in [4.78, 5) is 12.8. The number of hydrogen-bond acceptors (Lipinski definition) is 5. The molecule has 0 saturated heterocycles. The molecule has 0 unspecified atom stereocenters. The number of pyridine rings is 1. The van der Waals surface area contributed by atoms with E-state index in [1.54, 1.807) is 35.1 Å². The van der Waals surface area contributed by atoms with Crippen LogP contribution in [0.2, 0.25) is 0 Å². The van der Waals surface area contributed by atoms with Gasteiger partial charge < -0.3 is 5.32 Å². The van der Waals surface area contributed by atoms with Crippen LogP contribution in [-0.2, 0) is 10.0 Å². The quantitative estimate of drug-likeness (QED) is 0.520. The van der Waals surface area contributed by atoms with Crippen molar-refractivity contribution in [3.8, 4) is 0 Å². The highest BCUT2D eigenvalue weighted by molar-refractivity contribution is 7.92. The maximum Gasteiger partial charge on any atom is 0.261 e. The zero-order valence-corrected chi connectivity index (χ0v) is 15.8. The SMILES string of the molecule is O=C(NCCS(=O)(=O)Nc1ccn2nccc2c1)c1cc2ccccc2s1. The topological polar surface area (TPSA) is 92.6 Å². The zero-order valence-electron chi connectivity index (χ0n) is 14.1. The fourth-order valence-electron chi connectivity index (χ4n) is 2.70. The van der Waals surface area contributed by atoms with Crippen LogP contribution in [0.1, 0.15) is 9.67 Å². The van der Waals surface area contributed by atoms with E-state index in [-0.39, 0.29) is 18.2 Å². The van der Waals surface area contributed by atoms with Crippen LogP contribution in [0.3, 0.4) is 0 Å². The van der Waals surface area contributed by atoms with Crippen molar-refractivity contribution in [3.63, 3.8) is 0 Å². The molecule has 138 valence electrons. The highest BCUT2D eigenvalue weighted by Crippen LogP contribution is 2.25. The summed E-state index contributed by atoms with van der Waals surface area (Å²) in [5.41, 5.74) is 1.24. The lowest BCUT2D eigenvalue weighted by atomic mass is 10.2. The number of aromatic nitrogens is 2. The standard InChI is InChI=1S/C18H16N4O3S2/c23-18(17-11-13-3-1-2-4-16(13)26-17)19-8-10-27(24,25)21-14-6-9-22-15(12-14)5-7-20-22/h1-7,9,11-12,21H,8,10H2,(H,19,23). The van der Waals surface area contributed by atoms with Crippen LogP contribution >= 0.6 is 11.3 Å². The number of nitrogens with zero attached hydrogens (tertiary/aromatic N) is 2. The molecular weight excluding hydrogens is 384 g/mol. The van der Waals surface area contributed by atoms with Crippen LogP contribution in [0.4, 0.5) is 5.69 Å². The normalized spacial score (nSPS) is 11.7. The maximum absolute atomic E-state index is 12.3. The van der Waals surface area contributed by atoms with E-state index < -0.39 is 10.0 Å². The number of sulfonamides is 1. The molecular formula is C18H16N4O3S2. The molecule has 27 heavy (non-hydrogen) atoms. The third-order valence-corrected chi connectivity index (χ3v) is 6.38. The Morgan fingerprint density at radius 1 is 1.15 bits per heavy atom. The van der Waals surface area contributed by atoms with Gasteiger partial charge in [0.1, 0.15) is 0 Å². The molecule has 0 aliphatic heterocycles. The minimum Gasteiger partial charge on any atom is -0.350 e. The fraction of sp³-hybridized carbons (Fsp3) is 0.111. The number of carbonyl (C=O) groups is 1. The molecule has 9 heteroatoms. The number of thiophene rings is 1. The number of anilines is 1. The first-order chi connectivity index (χ1) is 13.0. The monoisotopic (exact) mass is 400 g/mol. The summed E-state index contributed by atoms with van der Waals surface area (Å²) in [6, 6.07) is 14.6. The Morgan fingerprint density at radius 2 is 2.00 bits per heavy atom. The second kappa shape index (κ2) is 7.01. The van der Waals surface area contributed by atoms with E-state index in [4.69, 9.17) is 0 Å². The van der Waals surface area contributed by atoms with Crippen LogP contribution in [0.15, 0.2) is 60.9 Å². The summed E-state index contributed by atoms with van der Waals surface area (Å²) in [5.74, 6) is -0.485. The molecule has 1 aromatic carbocycles. The molecule has 0 aliphatic rings. The first-order valence-electron chi connectivity index (χ1n) is 8.21. The van der Waals surface area contributed by atoms with E-state index in [9.17, 15) is 13.2 Å². The van der Waals surface area contributed by atoms with Gasteiger partial charge in [0.2, 0.25) is 10.0 Å². The minimum absolute atomic E-state index is 0.0251. The van der Waals surface area contributed by atoms with E-state index >= 15 is 0 Å². The summed E-state index contributed by atoms with van der Waals surface area (Å²) in [6.07, 6.45) is 3.31. The van der Waals surface area contributed by atoms with Gasteiger partial charge in [-0.05, 0) is 35.7 Å². The molecule has 0 aliphatic carbocycles. The molecule has 0 radical (unpaired) electrons. The van der Waals surface area contributed by atoms with Crippen molar-refractivity contribution < 1.29 is 13.2 Å². The number of rotatable bonds is 6.